The molecule has 1 rings (SSSR count). The van der Waals surface area contributed by atoms with Crippen LogP contribution in [0.3, 0.4) is 0 Å². The first-order chi connectivity index (χ1) is 7.99. The molecule has 1 unspecified atom stereocenters. The molecule has 17 heavy (non-hydrogen) atoms. The van der Waals surface area contributed by atoms with Crippen LogP contribution in [0.15, 0.2) is 16.6 Å². The van der Waals surface area contributed by atoms with E-state index in [1.165, 1.54) is 20.1 Å². The summed E-state index contributed by atoms with van der Waals surface area (Å²) in [5, 5.41) is 0. The van der Waals surface area contributed by atoms with Gasteiger partial charge in [0.15, 0.2) is 17.6 Å². The maximum absolute atomic E-state index is 10.9. The van der Waals surface area contributed by atoms with Gasteiger partial charge in [-0.1, -0.05) is 0 Å². The zero-order valence-electron chi connectivity index (χ0n) is 9.40. The number of hydrogen-bond acceptors (Lipinski definition) is 4. The fourth-order valence-corrected chi connectivity index (χ4v) is 1.71. The van der Waals surface area contributed by atoms with Gasteiger partial charge in [0.2, 0.25) is 0 Å². The third kappa shape index (κ3) is 3.20. The van der Waals surface area contributed by atoms with Crippen LogP contribution in [0.5, 0.6) is 11.5 Å². The first-order valence-electron chi connectivity index (χ1n) is 4.78. The Hall–Kier alpha value is -1.56. The zero-order chi connectivity index (χ0) is 13.0. The van der Waals surface area contributed by atoms with Gasteiger partial charge in [0, 0.05) is 5.56 Å². The second kappa shape index (κ2) is 5.67. The number of nitrogens with two attached hydrogens (primary N) is 1. The molecule has 0 aliphatic rings. The van der Waals surface area contributed by atoms with E-state index in [1.807, 2.05) is 0 Å². The Balaban J connectivity index is 3.13. The molecule has 0 aromatic heterocycles. The average Bonchev–Trinajstić information content (AvgIpc) is 2.30. The molecule has 1 atom stereocenters. The fraction of sp³-hybridized carbons (Fsp3) is 0.273. The normalized spacial score (nSPS) is 11.7. The molecule has 0 saturated carbocycles. The molecule has 0 saturated heterocycles. The number of carbonyl (C=O) groups is 2. The fourth-order valence-electron chi connectivity index (χ4n) is 1.16. The van der Waals surface area contributed by atoms with E-state index in [1.54, 1.807) is 6.07 Å². The number of halogens is 1. The van der Waals surface area contributed by atoms with Crippen LogP contribution in [0, 0.1) is 0 Å². The highest BCUT2D eigenvalue weighted by molar-refractivity contribution is 9.10. The minimum Gasteiger partial charge on any atom is -0.493 e. The molecule has 0 heterocycles. The molecule has 5 nitrogen and oxygen atoms in total. The third-order valence-corrected chi connectivity index (χ3v) is 2.67. The minimum atomic E-state index is -0.790. The summed E-state index contributed by atoms with van der Waals surface area (Å²) in [4.78, 5) is 21.6. The standard InChI is InChI=1S/C11H12BrNO4/c1-6(11(13)15)17-10-8(12)3-7(5-14)4-9(10)16-2/h3-6H,1-2H3,(H2,13,15). The molecule has 0 radical (unpaired) electrons. The van der Waals surface area contributed by atoms with Gasteiger partial charge in [0.1, 0.15) is 6.29 Å². The van der Waals surface area contributed by atoms with E-state index in [0.717, 1.165) is 0 Å². The van der Waals surface area contributed by atoms with E-state index in [-0.39, 0.29) is 0 Å². The molecule has 0 aliphatic heterocycles. The highest BCUT2D eigenvalue weighted by Crippen LogP contribution is 2.36. The van der Waals surface area contributed by atoms with E-state index in [9.17, 15) is 9.59 Å². The molecule has 92 valence electrons. The molecule has 0 bridgehead atoms. The number of hydrogen-bond donors (Lipinski definition) is 1. The lowest BCUT2D eigenvalue weighted by Gasteiger charge is -2.16. The van der Waals surface area contributed by atoms with Gasteiger partial charge in [-0.25, -0.2) is 0 Å². The Morgan fingerprint density at radius 1 is 1.53 bits per heavy atom. The smallest absolute Gasteiger partial charge is 0.258 e. The number of carbonyl (C=O) groups excluding carboxylic acids is 2. The van der Waals surface area contributed by atoms with Gasteiger partial charge in [-0.15, -0.1) is 0 Å². The number of aldehydes is 1. The van der Waals surface area contributed by atoms with E-state index in [2.05, 4.69) is 15.9 Å². The number of benzene rings is 1. The predicted molar refractivity (Wildman–Crippen MR) is 65.4 cm³/mol. The Kier molecular flexibility index (Phi) is 4.51. The Labute approximate surface area is 107 Å². The molecule has 6 heteroatoms. The molecule has 0 aliphatic carbocycles. The van der Waals surface area contributed by atoms with Gasteiger partial charge in [-0.05, 0) is 35.0 Å². The van der Waals surface area contributed by atoms with Crippen molar-refractivity contribution in [2.45, 2.75) is 13.0 Å². The van der Waals surface area contributed by atoms with Gasteiger partial charge in [-0.2, -0.15) is 0 Å². The average molecular weight is 302 g/mol. The van der Waals surface area contributed by atoms with Crippen LogP contribution in [0.1, 0.15) is 17.3 Å². The van der Waals surface area contributed by atoms with Crippen LogP contribution in [-0.2, 0) is 4.79 Å². The van der Waals surface area contributed by atoms with Crippen molar-refractivity contribution in [3.63, 3.8) is 0 Å². The lowest BCUT2D eigenvalue weighted by atomic mass is 10.2. The van der Waals surface area contributed by atoms with Crippen molar-refractivity contribution in [2.75, 3.05) is 7.11 Å². The highest BCUT2D eigenvalue weighted by atomic mass is 79.9. The van der Waals surface area contributed by atoms with Crippen LogP contribution in [0.2, 0.25) is 0 Å². The quantitative estimate of drug-likeness (QED) is 0.836. The summed E-state index contributed by atoms with van der Waals surface area (Å²) >= 11 is 3.24. The summed E-state index contributed by atoms with van der Waals surface area (Å²) in [7, 11) is 1.44. The van der Waals surface area contributed by atoms with Crippen molar-refractivity contribution < 1.29 is 19.1 Å². The molecular weight excluding hydrogens is 290 g/mol. The predicted octanol–water partition coefficient (Wildman–Crippen LogP) is 1.52. The number of ether oxygens (including phenoxy) is 2. The molecule has 1 aromatic rings. The third-order valence-electron chi connectivity index (χ3n) is 2.08. The van der Waals surface area contributed by atoms with Crippen LogP contribution < -0.4 is 15.2 Å². The van der Waals surface area contributed by atoms with Gasteiger partial charge >= 0.3 is 0 Å². The largest absolute Gasteiger partial charge is 0.493 e. The summed E-state index contributed by atoms with van der Waals surface area (Å²) in [6, 6.07) is 3.08. The Morgan fingerprint density at radius 3 is 2.65 bits per heavy atom. The summed E-state index contributed by atoms with van der Waals surface area (Å²) in [6.07, 6.45) is -0.100. The lowest BCUT2D eigenvalue weighted by molar-refractivity contribution is -0.124. The van der Waals surface area contributed by atoms with Gasteiger partial charge in [-0.3, -0.25) is 9.59 Å². The molecule has 1 aromatic carbocycles. The summed E-state index contributed by atoms with van der Waals surface area (Å²) < 4.78 is 11.0. The zero-order valence-corrected chi connectivity index (χ0v) is 11.0. The van der Waals surface area contributed by atoms with Crippen molar-refractivity contribution in [3.05, 3.63) is 22.2 Å². The first kappa shape index (κ1) is 13.5. The topological polar surface area (TPSA) is 78.6 Å². The molecule has 1 amide bonds. The highest BCUT2D eigenvalue weighted by Gasteiger charge is 2.17. The molecule has 2 N–H and O–H groups in total. The Morgan fingerprint density at radius 2 is 2.18 bits per heavy atom. The molecular formula is C11H12BrNO4. The second-order valence-corrected chi connectivity index (χ2v) is 4.17. The monoisotopic (exact) mass is 301 g/mol. The summed E-state index contributed by atoms with van der Waals surface area (Å²) in [5.41, 5.74) is 5.54. The molecule has 0 spiro atoms. The minimum absolute atomic E-state index is 0.337. The van der Waals surface area contributed by atoms with Crippen LogP contribution in [0.4, 0.5) is 0 Å². The van der Waals surface area contributed by atoms with Crippen LogP contribution >= 0.6 is 15.9 Å². The van der Waals surface area contributed by atoms with Crippen molar-refractivity contribution in [1.29, 1.82) is 0 Å². The van der Waals surface area contributed by atoms with Crippen molar-refractivity contribution in [1.82, 2.24) is 0 Å². The van der Waals surface area contributed by atoms with Gasteiger partial charge < -0.3 is 15.2 Å². The maximum Gasteiger partial charge on any atom is 0.258 e. The van der Waals surface area contributed by atoms with E-state index < -0.39 is 12.0 Å². The van der Waals surface area contributed by atoms with Crippen LogP contribution in [-0.4, -0.2) is 25.4 Å². The first-order valence-corrected chi connectivity index (χ1v) is 5.57. The lowest BCUT2D eigenvalue weighted by Crippen LogP contribution is -2.30. The number of amides is 1. The van der Waals surface area contributed by atoms with Gasteiger partial charge in [0.05, 0.1) is 11.6 Å². The molecule has 0 fully saturated rings. The van der Waals surface area contributed by atoms with Crippen molar-refractivity contribution >= 4 is 28.1 Å². The van der Waals surface area contributed by atoms with E-state index in [4.69, 9.17) is 15.2 Å². The number of primary amides is 1. The number of rotatable bonds is 5. The second-order valence-electron chi connectivity index (χ2n) is 3.31. The van der Waals surface area contributed by atoms with Gasteiger partial charge in [0.25, 0.3) is 5.91 Å². The van der Waals surface area contributed by atoms with E-state index >= 15 is 0 Å². The maximum atomic E-state index is 10.9. The summed E-state index contributed by atoms with van der Waals surface area (Å²) in [6.45, 7) is 1.53. The van der Waals surface area contributed by atoms with E-state index in [0.29, 0.717) is 27.8 Å². The van der Waals surface area contributed by atoms with Crippen molar-refractivity contribution in [3.8, 4) is 11.5 Å². The SMILES string of the molecule is COc1cc(C=O)cc(Br)c1OC(C)C(N)=O. The van der Waals surface area contributed by atoms with Crippen molar-refractivity contribution in [2.24, 2.45) is 5.73 Å². The van der Waals surface area contributed by atoms with Crippen LogP contribution in [0.25, 0.3) is 0 Å². The Bertz CT molecular complexity index is 447. The summed E-state index contributed by atoms with van der Waals surface area (Å²) in [5.74, 6) is 0.109. The number of methoxy groups -OCH3 is 1.